The minimum absolute atomic E-state index is 0.0647. The molecule has 9 nitrogen and oxygen atoms in total. The van der Waals surface area contributed by atoms with Gasteiger partial charge in [-0.3, -0.25) is 4.79 Å². The number of morpholine rings is 1. The van der Waals surface area contributed by atoms with Crippen LogP contribution in [-0.4, -0.2) is 54.9 Å². The van der Waals surface area contributed by atoms with Crippen molar-refractivity contribution >= 4 is 15.9 Å². The van der Waals surface area contributed by atoms with Crippen LogP contribution in [0.2, 0.25) is 0 Å². The molecule has 2 aromatic heterocycles. The van der Waals surface area contributed by atoms with Crippen LogP contribution in [0, 0.1) is 20.8 Å². The standard InChI is InChI=1S/C17H22N4O5S/c1-11-14(12(2)20-13(3)19-11)10-18-17(22)15-4-5-16(26-15)27(23,24)21-6-8-25-9-7-21/h4-5H,6-10H2,1-3H3,(H,18,22). The van der Waals surface area contributed by atoms with Crippen LogP contribution in [0.25, 0.3) is 0 Å². The molecule has 1 fully saturated rings. The third kappa shape index (κ3) is 4.18. The van der Waals surface area contributed by atoms with E-state index in [0.29, 0.717) is 19.0 Å². The molecule has 1 aliphatic rings. The van der Waals surface area contributed by atoms with E-state index in [4.69, 9.17) is 9.15 Å². The molecule has 0 aromatic carbocycles. The molecule has 0 saturated carbocycles. The molecule has 0 unspecified atom stereocenters. The van der Waals surface area contributed by atoms with E-state index in [9.17, 15) is 13.2 Å². The van der Waals surface area contributed by atoms with E-state index in [0.717, 1.165) is 17.0 Å². The van der Waals surface area contributed by atoms with Gasteiger partial charge >= 0.3 is 0 Å². The average Bonchev–Trinajstić information content (AvgIpc) is 3.12. The van der Waals surface area contributed by atoms with E-state index < -0.39 is 15.9 Å². The molecule has 0 radical (unpaired) electrons. The summed E-state index contributed by atoms with van der Waals surface area (Å²) in [4.78, 5) is 20.9. The summed E-state index contributed by atoms with van der Waals surface area (Å²) >= 11 is 0. The number of aryl methyl sites for hydroxylation is 3. The number of rotatable bonds is 5. The fraction of sp³-hybridized carbons (Fsp3) is 0.471. The van der Waals surface area contributed by atoms with Gasteiger partial charge < -0.3 is 14.5 Å². The maximum atomic E-state index is 12.6. The predicted octanol–water partition coefficient (Wildman–Crippen LogP) is 0.946. The van der Waals surface area contributed by atoms with Crippen LogP contribution in [0.5, 0.6) is 0 Å². The summed E-state index contributed by atoms with van der Waals surface area (Å²) in [6.45, 7) is 6.93. The number of ether oxygens (including phenoxy) is 1. The number of aromatic nitrogens is 2. The van der Waals surface area contributed by atoms with Gasteiger partial charge in [0.05, 0.1) is 13.2 Å². The van der Waals surface area contributed by atoms with Crippen molar-refractivity contribution in [3.63, 3.8) is 0 Å². The van der Waals surface area contributed by atoms with E-state index >= 15 is 0 Å². The van der Waals surface area contributed by atoms with Gasteiger partial charge in [0.1, 0.15) is 5.82 Å². The van der Waals surface area contributed by atoms with Crippen LogP contribution < -0.4 is 5.32 Å². The summed E-state index contributed by atoms with van der Waals surface area (Å²) < 4.78 is 36.9. The first kappa shape index (κ1) is 19.5. The summed E-state index contributed by atoms with van der Waals surface area (Å²) in [6.07, 6.45) is 0. The Labute approximate surface area is 157 Å². The average molecular weight is 394 g/mol. The van der Waals surface area contributed by atoms with Gasteiger partial charge in [-0.1, -0.05) is 0 Å². The van der Waals surface area contributed by atoms with Crippen molar-refractivity contribution in [3.8, 4) is 0 Å². The first-order valence-corrected chi connectivity index (χ1v) is 9.99. The number of hydrogen-bond donors (Lipinski definition) is 1. The number of carbonyl (C=O) groups excluding carboxylic acids is 1. The van der Waals surface area contributed by atoms with E-state index in [-0.39, 0.29) is 30.5 Å². The van der Waals surface area contributed by atoms with Crippen LogP contribution in [0.4, 0.5) is 0 Å². The van der Waals surface area contributed by atoms with Crippen LogP contribution in [0.1, 0.15) is 33.3 Å². The summed E-state index contributed by atoms with van der Waals surface area (Å²) in [6, 6.07) is 2.65. The second-order valence-corrected chi connectivity index (χ2v) is 8.11. The highest BCUT2D eigenvalue weighted by Crippen LogP contribution is 2.20. The molecular formula is C17H22N4O5S. The van der Waals surface area contributed by atoms with Gasteiger partial charge in [0.25, 0.3) is 15.9 Å². The second kappa shape index (κ2) is 7.75. The van der Waals surface area contributed by atoms with Gasteiger partial charge in [0.15, 0.2) is 5.76 Å². The fourth-order valence-corrected chi connectivity index (χ4v) is 4.23. The predicted molar refractivity (Wildman–Crippen MR) is 95.7 cm³/mol. The molecule has 0 atom stereocenters. The summed E-state index contributed by atoms with van der Waals surface area (Å²) in [5, 5.41) is 2.47. The Kier molecular flexibility index (Phi) is 5.59. The molecule has 0 bridgehead atoms. The Morgan fingerprint density at radius 3 is 2.41 bits per heavy atom. The zero-order chi connectivity index (χ0) is 19.6. The zero-order valence-corrected chi connectivity index (χ0v) is 16.3. The van der Waals surface area contributed by atoms with Crippen molar-refractivity contribution in [2.45, 2.75) is 32.4 Å². The minimum Gasteiger partial charge on any atom is -0.438 e. The number of nitrogens with one attached hydrogen (secondary N) is 1. The van der Waals surface area contributed by atoms with Gasteiger partial charge in [0, 0.05) is 36.6 Å². The van der Waals surface area contributed by atoms with E-state index in [2.05, 4.69) is 15.3 Å². The Bertz CT molecular complexity index is 925. The van der Waals surface area contributed by atoms with Gasteiger partial charge in [-0.25, -0.2) is 18.4 Å². The van der Waals surface area contributed by atoms with Crippen LogP contribution >= 0.6 is 0 Å². The number of carbonyl (C=O) groups is 1. The lowest BCUT2D eigenvalue weighted by molar-refractivity contribution is 0.0722. The number of amides is 1. The van der Waals surface area contributed by atoms with Crippen molar-refractivity contribution in [2.24, 2.45) is 0 Å². The summed E-state index contributed by atoms with van der Waals surface area (Å²) in [5.41, 5.74) is 2.40. The first-order valence-electron chi connectivity index (χ1n) is 8.55. The molecule has 1 N–H and O–H groups in total. The fourth-order valence-electron chi connectivity index (χ4n) is 2.91. The van der Waals surface area contributed by atoms with E-state index in [1.54, 1.807) is 0 Å². The summed E-state index contributed by atoms with van der Waals surface area (Å²) in [7, 11) is -3.77. The topological polar surface area (TPSA) is 115 Å². The lowest BCUT2D eigenvalue weighted by atomic mass is 10.1. The maximum Gasteiger partial charge on any atom is 0.287 e. The molecule has 3 rings (SSSR count). The maximum absolute atomic E-state index is 12.6. The van der Waals surface area contributed by atoms with Crippen molar-refractivity contribution in [1.82, 2.24) is 19.6 Å². The molecular weight excluding hydrogens is 372 g/mol. The molecule has 1 saturated heterocycles. The molecule has 3 heterocycles. The van der Waals surface area contributed by atoms with E-state index in [1.807, 2.05) is 20.8 Å². The lowest BCUT2D eigenvalue weighted by Crippen LogP contribution is -2.40. The highest BCUT2D eigenvalue weighted by Gasteiger charge is 2.30. The van der Waals surface area contributed by atoms with Gasteiger partial charge in [0.2, 0.25) is 5.09 Å². The first-order chi connectivity index (χ1) is 12.8. The largest absolute Gasteiger partial charge is 0.438 e. The monoisotopic (exact) mass is 394 g/mol. The third-order valence-corrected chi connectivity index (χ3v) is 6.10. The molecule has 1 aliphatic heterocycles. The van der Waals surface area contributed by atoms with Gasteiger partial charge in [-0.2, -0.15) is 4.31 Å². The quantitative estimate of drug-likeness (QED) is 0.803. The smallest absolute Gasteiger partial charge is 0.287 e. The highest BCUT2D eigenvalue weighted by molar-refractivity contribution is 7.89. The Hall–Kier alpha value is -2.30. The van der Waals surface area contributed by atoms with Crippen molar-refractivity contribution in [3.05, 3.63) is 40.7 Å². The number of hydrogen-bond acceptors (Lipinski definition) is 7. The van der Waals surface area contributed by atoms with Crippen molar-refractivity contribution < 1.29 is 22.4 Å². The van der Waals surface area contributed by atoms with E-state index in [1.165, 1.54) is 16.4 Å². The SMILES string of the molecule is Cc1nc(C)c(CNC(=O)c2ccc(S(=O)(=O)N3CCOCC3)o2)c(C)n1. The summed E-state index contributed by atoms with van der Waals surface area (Å²) in [5.74, 6) is 0.104. The lowest BCUT2D eigenvalue weighted by Gasteiger charge is -2.24. The highest BCUT2D eigenvalue weighted by atomic mass is 32.2. The Morgan fingerprint density at radius 2 is 1.78 bits per heavy atom. The third-order valence-electron chi connectivity index (χ3n) is 4.33. The molecule has 2 aromatic rings. The van der Waals surface area contributed by atoms with Gasteiger partial charge in [-0.05, 0) is 32.9 Å². The number of nitrogens with zero attached hydrogens (tertiary/aromatic N) is 3. The van der Waals surface area contributed by atoms with Crippen LogP contribution in [0.15, 0.2) is 21.6 Å². The Balaban J connectivity index is 1.70. The second-order valence-electron chi connectivity index (χ2n) is 6.24. The molecule has 1 amide bonds. The van der Waals surface area contributed by atoms with Crippen LogP contribution in [-0.2, 0) is 21.3 Å². The zero-order valence-electron chi connectivity index (χ0n) is 15.5. The normalized spacial score (nSPS) is 15.7. The molecule has 27 heavy (non-hydrogen) atoms. The minimum atomic E-state index is -3.77. The van der Waals surface area contributed by atoms with Crippen molar-refractivity contribution in [2.75, 3.05) is 26.3 Å². The molecule has 10 heteroatoms. The van der Waals surface area contributed by atoms with Crippen molar-refractivity contribution in [1.29, 1.82) is 0 Å². The molecule has 0 aliphatic carbocycles. The molecule has 0 spiro atoms. The van der Waals surface area contributed by atoms with Gasteiger partial charge in [-0.15, -0.1) is 0 Å². The van der Waals surface area contributed by atoms with Crippen LogP contribution in [0.3, 0.4) is 0 Å². The number of sulfonamides is 1. The number of furan rings is 1. The molecule has 146 valence electrons. The Morgan fingerprint density at radius 1 is 1.15 bits per heavy atom.